The van der Waals surface area contributed by atoms with Crippen LogP contribution in [-0.2, 0) is 0 Å². The summed E-state index contributed by atoms with van der Waals surface area (Å²) in [6, 6.07) is 9.30. The van der Waals surface area contributed by atoms with E-state index in [-0.39, 0.29) is 5.91 Å². The van der Waals surface area contributed by atoms with Crippen LogP contribution in [-0.4, -0.2) is 5.91 Å². The number of hydrogen-bond acceptors (Lipinski definition) is 1. The van der Waals surface area contributed by atoms with E-state index in [1.807, 2.05) is 32.9 Å². The molecule has 2 aromatic rings. The number of carbonyl (C=O) groups is 1. The standard InChI is InChI=1S/C16H15BrClNO/c1-9-7-12(17)8-10(2)15(9)19-16(20)13-5-4-6-14(18)11(13)3/h4-8H,1-3H3,(H,19,20). The molecule has 0 fully saturated rings. The number of hydrogen-bond donors (Lipinski definition) is 1. The first-order valence-electron chi connectivity index (χ1n) is 6.23. The Morgan fingerprint density at radius 2 is 1.75 bits per heavy atom. The van der Waals surface area contributed by atoms with Crippen LogP contribution in [0.2, 0.25) is 5.02 Å². The SMILES string of the molecule is Cc1cc(Br)cc(C)c1NC(=O)c1cccc(Cl)c1C. The number of halogens is 2. The fourth-order valence-electron chi connectivity index (χ4n) is 2.14. The lowest BCUT2D eigenvalue weighted by Crippen LogP contribution is -2.15. The summed E-state index contributed by atoms with van der Waals surface area (Å²) in [6.07, 6.45) is 0. The summed E-state index contributed by atoms with van der Waals surface area (Å²) in [5.41, 5.74) is 4.27. The summed E-state index contributed by atoms with van der Waals surface area (Å²) >= 11 is 9.51. The van der Waals surface area contributed by atoms with E-state index in [2.05, 4.69) is 21.2 Å². The van der Waals surface area contributed by atoms with Gasteiger partial charge in [-0.25, -0.2) is 0 Å². The van der Waals surface area contributed by atoms with E-state index in [4.69, 9.17) is 11.6 Å². The van der Waals surface area contributed by atoms with Crippen molar-refractivity contribution in [1.82, 2.24) is 0 Å². The average molecular weight is 353 g/mol. The monoisotopic (exact) mass is 351 g/mol. The molecule has 0 heterocycles. The van der Waals surface area contributed by atoms with Crippen molar-refractivity contribution in [2.75, 3.05) is 5.32 Å². The number of benzene rings is 2. The maximum absolute atomic E-state index is 12.4. The largest absolute Gasteiger partial charge is 0.321 e. The minimum atomic E-state index is -0.140. The van der Waals surface area contributed by atoms with Gasteiger partial charge in [0.25, 0.3) is 5.91 Å². The van der Waals surface area contributed by atoms with Gasteiger partial charge in [-0.1, -0.05) is 33.6 Å². The topological polar surface area (TPSA) is 29.1 Å². The number of aryl methyl sites for hydroxylation is 2. The number of rotatable bonds is 2. The molecule has 0 saturated carbocycles. The Morgan fingerprint density at radius 1 is 1.15 bits per heavy atom. The van der Waals surface area contributed by atoms with E-state index in [9.17, 15) is 4.79 Å². The molecule has 0 radical (unpaired) electrons. The van der Waals surface area contributed by atoms with Crippen LogP contribution < -0.4 is 5.32 Å². The average Bonchev–Trinajstić information content (AvgIpc) is 2.36. The number of carbonyl (C=O) groups excluding carboxylic acids is 1. The van der Waals surface area contributed by atoms with Crippen molar-refractivity contribution in [2.45, 2.75) is 20.8 Å². The fourth-order valence-corrected chi connectivity index (χ4v) is 3.00. The van der Waals surface area contributed by atoms with Crippen LogP contribution in [0.4, 0.5) is 5.69 Å². The summed E-state index contributed by atoms with van der Waals surface area (Å²) in [7, 11) is 0. The zero-order valence-electron chi connectivity index (χ0n) is 11.6. The summed E-state index contributed by atoms with van der Waals surface area (Å²) in [5.74, 6) is -0.140. The Bertz CT molecular complexity index is 659. The first kappa shape index (κ1) is 15.1. The molecule has 0 atom stereocenters. The summed E-state index contributed by atoms with van der Waals surface area (Å²) < 4.78 is 1.00. The molecule has 0 aliphatic heterocycles. The molecule has 4 heteroatoms. The van der Waals surface area contributed by atoms with E-state index in [0.717, 1.165) is 26.9 Å². The first-order chi connectivity index (χ1) is 9.40. The van der Waals surface area contributed by atoms with Gasteiger partial charge >= 0.3 is 0 Å². The first-order valence-corrected chi connectivity index (χ1v) is 7.40. The minimum Gasteiger partial charge on any atom is -0.321 e. The maximum atomic E-state index is 12.4. The van der Waals surface area contributed by atoms with Crippen LogP contribution in [0.5, 0.6) is 0 Å². The molecule has 2 aromatic carbocycles. The van der Waals surface area contributed by atoms with Crippen LogP contribution in [0.25, 0.3) is 0 Å². The third kappa shape index (κ3) is 3.05. The maximum Gasteiger partial charge on any atom is 0.255 e. The molecule has 0 aliphatic carbocycles. The van der Waals surface area contributed by atoms with Crippen molar-refractivity contribution in [3.63, 3.8) is 0 Å². The van der Waals surface area contributed by atoms with E-state index in [1.54, 1.807) is 18.2 Å². The number of anilines is 1. The molecule has 0 unspecified atom stereocenters. The summed E-state index contributed by atoms with van der Waals surface area (Å²) in [4.78, 5) is 12.4. The molecule has 1 N–H and O–H groups in total. The van der Waals surface area contributed by atoms with Gasteiger partial charge in [0, 0.05) is 20.7 Å². The van der Waals surface area contributed by atoms with Crippen molar-refractivity contribution >= 4 is 39.1 Å². The van der Waals surface area contributed by atoms with Gasteiger partial charge in [0.2, 0.25) is 0 Å². The normalized spacial score (nSPS) is 10.4. The zero-order valence-corrected chi connectivity index (χ0v) is 13.9. The molecule has 0 aromatic heterocycles. The number of amides is 1. The highest BCUT2D eigenvalue weighted by Crippen LogP contribution is 2.26. The Morgan fingerprint density at radius 3 is 2.35 bits per heavy atom. The smallest absolute Gasteiger partial charge is 0.255 e. The van der Waals surface area contributed by atoms with Crippen molar-refractivity contribution < 1.29 is 4.79 Å². The van der Waals surface area contributed by atoms with Crippen LogP contribution in [0.1, 0.15) is 27.0 Å². The predicted molar refractivity (Wildman–Crippen MR) is 87.8 cm³/mol. The van der Waals surface area contributed by atoms with Gasteiger partial charge in [0.05, 0.1) is 0 Å². The van der Waals surface area contributed by atoms with Crippen LogP contribution >= 0.6 is 27.5 Å². The zero-order chi connectivity index (χ0) is 14.9. The predicted octanol–water partition coefficient (Wildman–Crippen LogP) is 5.28. The molecular weight excluding hydrogens is 338 g/mol. The van der Waals surface area contributed by atoms with Gasteiger partial charge in [0.15, 0.2) is 0 Å². The molecule has 0 aliphatic rings. The van der Waals surface area contributed by atoms with E-state index >= 15 is 0 Å². The lowest BCUT2D eigenvalue weighted by atomic mass is 10.1. The van der Waals surface area contributed by atoms with Gasteiger partial charge in [0.1, 0.15) is 0 Å². The highest BCUT2D eigenvalue weighted by molar-refractivity contribution is 9.10. The second kappa shape index (κ2) is 5.98. The second-order valence-electron chi connectivity index (χ2n) is 4.78. The van der Waals surface area contributed by atoms with Gasteiger partial charge in [-0.3, -0.25) is 4.79 Å². The lowest BCUT2D eigenvalue weighted by Gasteiger charge is -2.13. The van der Waals surface area contributed by atoms with E-state index in [1.165, 1.54) is 0 Å². The molecule has 0 bridgehead atoms. The van der Waals surface area contributed by atoms with Crippen LogP contribution in [0, 0.1) is 20.8 Å². The Labute approximate surface area is 132 Å². The highest BCUT2D eigenvalue weighted by Gasteiger charge is 2.13. The summed E-state index contributed by atoms with van der Waals surface area (Å²) in [5, 5.41) is 3.57. The number of nitrogens with one attached hydrogen (secondary N) is 1. The second-order valence-corrected chi connectivity index (χ2v) is 6.10. The van der Waals surface area contributed by atoms with Crippen molar-refractivity contribution in [3.8, 4) is 0 Å². The van der Waals surface area contributed by atoms with E-state index < -0.39 is 0 Å². The molecular formula is C16H15BrClNO. The third-order valence-corrected chi connectivity index (χ3v) is 4.12. The molecule has 20 heavy (non-hydrogen) atoms. The highest BCUT2D eigenvalue weighted by atomic mass is 79.9. The van der Waals surface area contributed by atoms with Crippen LogP contribution in [0.15, 0.2) is 34.8 Å². The van der Waals surface area contributed by atoms with Crippen molar-refractivity contribution in [1.29, 1.82) is 0 Å². The van der Waals surface area contributed by atoms with Crippen molar-refractivity contribution in [2.24, 2.45) is 0 Å². The molecule has 0 saturated heterocycles. The molecule has 0 spiro atoms. The van der Waals surface area contributed by atoms with Crippen LogP contribution in [0.3, 0.4) is 0 Å². The molecule has 104 valence electrons. The molecule has 2 nitrogen and oxygen atoms in total. The van der Waals surface area contributed by atoms with Crippen molar-refractivity contribution in [3.05, 3.63) is 62.1 Å². The third-order valence-electron chi connectivity index (χ3n) is 3.25. The minimum absolute atomic E-state index is 0.140. The van der Waals surface area contributed by atoms with Gasteiger partial charge in [-0.15, -0.1) is 0 Å². The van der Waals surface area contributed by atoms with E-state index in [0.29, 0.717) is 10.6 Å². The van der Waals surface area contributed by atoms with Gasteiger partial charge in [-0.05, 0) is 61.7 Å². The summed E-state index contributed by atoms with van der Waals surface area (Å²) in [6.45, 7) is 5.79. The van der Waals surface area contributed by atoms with Gasteiger partial charge < -0.3 is 5.32 Å². The quantitative estimate of drug-likeness (QED) is 0.782. The molecule has 2 rings (SSSR count). The Balaban J connectivity index is 2.36. The lowest BCUT2D eigenvalue weighted by molar-refractivity contribution is 0.102. The Hall–Kier alpha value is -1.32. The van der Waals surface area contributed by atoms with Gasteiger partial charge in [-0.2, -0.15) is 0 Å². The fraction of sp³-hybridized carbons (Fsp3) is 0.188. The molecule has 1 amide bonds. The Kier molecular flexibility index (Phi) is 4.51.